The molecule has 142 valence electrons. The quantitative estimate of drug-likeness (QED) is 0.833. The van der Waals surface area contributed by atoms with Crippen molar-refractivity contribution in [2.75, 3.05) is 26.2 Å². The van der Waals surface area contributed by atoms with Gasteiger partial charge in [0.15, 0.2) is 5.60 Å². The molecule has 1 N–H and O–H groups in total. The molecule has 2 saturated heterocycles. The molecule has 0 aliphatic carbocycles. The van der Waals surface area contributed by atoms with E-state index in [0.29, 0.717) is 19.6 Å². The van der Waals surface area contributed by atoms with Crippen molar-refractivity contribution in [1.29, 1.82) is 0 Å². The number of rotatable bonds is 3. The normalized spacial score (nSPS) is 25.8. The highest BCUT2D eigenvalue weighted by molar-refractivity contribution is 5.66. The van der Waals surface area contributed by atoms with Crippen LogP contribution in [0.4, 0.5) is 9.59 Å². The first-order valence-electron chi connectivity index (χ1n) is 8.83. The minimum atomic E-state index is -0.985. The number of likely N-dealkylation sites (tertiary alicyclic amines) is 2. The first kappa shape index (κ1) is 18.5. The Hall–Kier alpha value is -2.28. The number of carbonyl (C=O) groups is 2. The van der Waals surface area contributed by atoms with Gasteiger partial charge in [-0.25, -0.2) is 9.59 Å². The van der Waals surface area contributed by atoms with Gasteiger partial charge in [-0.2, -0.15) is 0 Å². The van der Waals surface area contributed by atoms with Crippen molar-refractivity contribution in [1.82, 2.24) is 9.80 Å². The molecular weight excluding hydrogens is 336 g/mol. The highest BCUT2D eigenvalue weighted by Crippen LogP contribution is 2.39. The predicted octanol–water partition coefficient (Wildman–Crippen LogP) is 2.80. The number of benzene rings is 1. The third-order valence-electron chi connectivity index (χ3n) is 4.81. The maximum Gasteiger partial charge on any atom is 0.509 e. The number of carbonyl (C=O) groups excluding carboxylic acids is 1. The Bertz CT molecular complexity index is 672. The van der Waals surface area contributed by atoms with E-state index in [1.165, 1.54) is 10.5 Å². The second kappa shape index (κ2) is 6.79. The molecule has 0 saturated carbocycles. The number of fused-ring (bicyclic) bond motifs is 1. The Morgan fingerprint density at radius 1 is 1.19 bits per heavy atom. The lowest BCUT2D eigenvalue weighted by Gasteiger charge is -2.30. The molecule has 1 aromatic carbocycles. The van der Waals surface area contributed by atoms with Gasteiger partial charge in [0, 0.05) is 32.1 Å². The summed E-state index contributed by atoms with van der Waals surface area (Å²) in [7, 11) is 0. The third-order valence-corrected chi connectivity index (χ3v) is 4.81. The fraction of sp³-hybridized carbons (Fsp3) is 0.579. The average molecular weight is 362 g/mol. The van der Waals surface area contributed by atoms with Crippen LogP contribution in [0.2, 0.25) is 0 Å². The second-order valence-corrected chi connectivity index (χ2v) is 8.15. The van der Waals surface area contributed by atoms with Gasteiger partial charge in [-0.3, -0.25) is 4.90 Å². The van der Waals surface area contributed by atoms with Gasteiger partial charge in [0.25, 0.3) is 0 Å². The molecule has 7 nitrogen and oxygen atoms in total. The van der Waals surface area contributed by atoms with Crippen LogP contribution in [-0.4, -0.2) is 64.5 Å². The topological polar surface area (TPSA) is 79.3 Å². The van der Waals surface area contributed by atoms with Gasteiger partial charge in [0.05, 0.1) is 6.54 Å². The van der Waals surface area contributed by atoms with Gasteiger partial charge in [0.2, 0.25) is 0 Å². The van der Waals surface area contributed by atoms with E-state index < -0.39 is 23.5 Å². The van der Waals surface area contributed by atoms with E-state index in [2.05, 4.69) is 17.0 Å². The summed E-state index contributed by atoms with van der Waals surface area (Å²) < 4.78 is 11.0. The summed E-state index contributed by atoms with van der Waals surface area (Å²) in [6.45, 7) is 7.79. The number of hydrogen-bond acceptors (Lipinski definition) is 5. The van der Waals surface area contributed by atoms with Gasteiger partial charge in [0.1, 0.15) is 5.60 Å². The van der Waals surface area contributed by atoms with Crippen LogP contribution in [-0.2, 0) is 16.0 Å². The first-order chi connectivity index (χ1) is 12.2. The molecule has 2 aliphatic heterocycles. The zero-order chi connectivity index (χ0) is 18.9. The molecule has 1 amide bonds. The second-order valence-electron chi connectivity index (χ2n) is 8.15. The maximum atomic E-state index is 12.3. The van der Waals surface area contributed by atoms with Crippen LogP contribution in [0.5, 0.6) is 0 Å². The average Bonchev–Trinajstić information content (AvgIpc) is 2.99. The van der Waals surface area contributed by atoms with E-state index in [-0.39, 0.29) is 12.5 Å². The molecule has 1 aromatic rings. The summed E-state index contributed by atoms with van der Waals surface area (Å²) in [6, 6.07) is 10.1. The number of hydrogen-bond donors (Lipinski definition) is 1. The largest absolute Gasteiger partial charge is 0.509 e. The lowest BCUT2D eigenvalue weighted by atomic mass is 9.95. The van der Waals surface area contributed by atoms with Crippen molar-refractivity contribution >= 4 is 12.2 Å². The van der Waals surface area contributed by atoms with E-state index in [0.717, 1.165) is 6.54 Å². The molecular formula is C19H26N2O5. The van der Waals surface area contributed by atoms with Crippen LogP contribution in [0, 0.1) is 5.92 Å². The van der Waals surface area contributed by atoms with Gasteiger partial charge in [-0.1, -0.05) is 30.3 Å². The fourth-order valence-corrected chi connectivity index (χ4v) is 3.80. The molecule has 0 spiro atoms. The van der Waals surface area contributed by atoms with E-state index in [4.69, 9.17) is 9.47 Å². The molecule has 7 heteroatoms. The molecule has 2 fully saturated rings. The van der Waals surface area contributed by atoms with Gasteiger partial charge < -0.3 is 19.5 Å². The van der Waals surface area contributed by atoms with E-state index in [9.17, 15) is 14.7 Å². The predicted molar refractivity (Wildman–Crippen MR) is 94.9 cm³/mol. The fourth-order valence-electron chi connectivity index (χ4n) is 3.80. The Labute approximate surface area is 153 Å². The van der Waals surface area contributed by atoms with Crippen molar-refractivity contribution in [3.63, 3.8) is 0 Å². The number of nitrogens with zero attached hydrogens (tertiary/aromatic N) is 2. The smallest absolute Gasteiger partial charge is 0.465 e. The number of carboxylic acid groups (broad SMARTS) is 1. The van der Waals surface area contributed by atoms with Gasteiger partial charge in [-0.05, 0) is 26.3 Å². The lowest BCUT2D eigenvalue weighted by Crippen LogP contribution is -2.46. The van der Waals surface area contributed by atoms with Crippen LogP contribution in [0.15, 0.2) is 30.3 Å². The summed E-state index contributed by atoms with van der Waals surface area (Å²) in [4.78, 5) is 27.2. The lowest BCUT2D eigenvalue weighted by molar-refractivity contribution is -0.0668. The zero-order valence-electron chi connectivity index (χ0n) is 15.5. The number of amides is 1. The molecule has 2 unspecified atom stereocenters. The molecule has 2 atom stereocenters. The van der Waals surface area contributed by atoms with E-state index in [1.54, 1.807) is 20.8 Å². The Kier molecular flexibility index (Phi) is 4.84. The van der Waals surface area contributed by atoms with Gasteiger partial charge in [-0.15, -0.1) is 0 Å². The van der Waals surface area contributed by atoms with Crippen LogP contribution >= 0.6 is 0 Å². The van der Waals surface area contributed by atoms with E-state index in [1.807, 2.05) is 18.2 Å². The van der Waals surface area contributed by atoms with Crippen molar-refractivity contribution in [2.24, 2.45) is 5.92 Å². The summed E-state index contributed by atoms with van der Waals surface area (Å²) in [6.07, 6.45) is -1.72. The van der Waals surface area contributed by atoms with E-state index >= 15 is 0 Å². The van der Waals surface area contributed by atoms with Crippen molar-refractivity contribution < 1.29 is 24.2 Å². The van der Waals surface area contributed by atoms with Crippen LogP contribution in [0.25, 0.3) is 0 Å². The van der Waals surface area contributed by atoms with Crippen LogP contribution in [0.3, 0.4) is 0 Å². The Balaban J connectivity index is 1.73. The van der Waals surface area contributed by atoms with Crippen molar-refractivity contribution in [3.8, 4) is 0 Å². The summed E-state index contributed by atoms with van der Waals surface area (Å²) in [5, 5.41) is 9.35. The molecule has 3 rings (SSSR count). The highest BCUT2D eigenvalue weighted by atomic mass is 16.7. The summed E-state index contributed by atoms with van der Waals surface area (Å²) >= 11 is 0. The van der Waals surface area contributed by atoms with Gasteiger partial charge >= 0.3 is 12.2 Å². The maximum absolute atomic E-state index is 12.3. The van der Waals surface area contributed by atoms with Crippen LogP contribution in [0.1, 0.15) is 26.3 Å². The summed E-state index contributed by atoms with van der Waals surface area (Å²) in [5.74, 6) is -0.0603. The number of ether oxygens (including phenoxy) is 2. The Morgan fingerprint density at radius 2 is 1.88 bits per heavy atom. The molecule has 2 heterocycles. The summed E-state index contributed by atoms with van der Waals surface area (Å²) in [5.41, 5.74) is -0.332. The SMILES string of the molecule is CC(C)(C)OC(=O)OC12CN(Cc3ccccc3)CC1CN(C(=O)O)C2. The molecule has 0 aromatic heterocycles. The molecule has 0 bridgehead atoms. The van der Waals surface area contributed by atoms with Crippen molar-refractivity contribution in [2.45, 2.75) is 38.5 Å². The monoisotopic (exact) mass is 362 g/mol. The molecule has 0 radical (unpaired) electrons. The Morgan fingerprint density at radius 3 is 2.50 bits per heavy atom. The van der Waals surface area contributed by atoms with Crippen LogP contribution < -0.4 is 0 Å². The highest BCUT2D eigenvalue weighted by Gasteiger charge is 2.57. The third kappa shape index (κ3) is 4.09. The standard InChI is InChI=1S/C19H26N2O5/c1-18(2,3)25-17(24)26-19-12-20(9-14-7-5-4-6-8-14)10-15(19)11-21(13-19)16(22)23/h4-8,15H,9-13H2,1-3H3,(H,22,23). The zero-order valence-corrected chi connectivity index (χ0v) is 15.5. The minimum Gasteiger partial charge on any atom is -0.465 e. The first-order valence-corrected chi connectivity index (χ1v) is 8.83. The molecule has 26 heavy (non-hydrogen) atoms. The van der Waals surface area contributed by atoms with Crippen molar-refractivity contribution in [3.05, 3.63) is 35.9 Å². The molecule has 2 aliphatic rings. The minimum absolute atomic E-state index is 0.0603.